The molecule has 0 aliphatic heterocycles. The molecule has 0 fully saturated rings. The van der Waals surface area contributed by atoms with Crippen LogP contribution < -0.4 is 10.6 Å². The van der Waals surface area contributed by atoms with Crippen LogP contribution in [-0.2, 0) is 13.0 Å². The van der Waals surface area contributed by atoms with Crippen molar-refractivity contribution in [1.82, 2.24) is 9.97 Å². The minimum atomic E-state index is 0.129. The Morgan fingerprint density at radius 2 is 1.95 bits per heavy atom. The van der Waals surface area contributed by atoms with Crippen LogP contribution in [0.4, 0.5) is 5.95 Å². The van der Waals surface area contributed by atoms with Crippen LogP contribution in [0.5, 0.6) is 0 Å². The molecule has 2 rings (SSSR count). The van der Waals surface area contributed by atoms with Gasteiger partial charge in [-0.15, -0.1) is 0 Å². The Bertz CT molecular complexity index is 554. The van der Waals surface area contributed by atoms with Gasteiger partial charge in [-0.3, -0.25) is 0 Å². The summed E-state index contributed by atoms with van der Waals surface area (Å²) < 4.78 is 1.08. The van der Waals surface area contributed by atoms with E-state index in [9.17, 15) is 0 Å². The summed E-state index contributed by atoms with van der Waals surface area (Å²) in [6.45, 7) is 2.75. The largest absolute Gasteiger partial charge is 0.340 e. The third-order valence-corrected chi connectivity index (χ3v) is 3.39. The molecule has 1 unspecified atom stereocenters. The second-order valence-corrected chi connectivity index (χ2v) is 5.97. The van der Waals surface area contributed by atoms with E-state index in [2.05, 4.69) is 38.0 Å². The molecule has 4 nitrogen and oxygen atoms in total. The Hall–Kier alpha value is -1.46. The highest BCUT2D eigenvalue weighted by molar-refractivity contribution is 9.10. The van der Waals surface area contributed by atoms with E-state index < -0.39 is 0 Å². The summed E-state index contributed by atoms with van der Waals surface area (Å²) in [7, 11) is 1.99. The predicted octanol–water partition coefficient (Wildman–Crippen LogP) is 2.77. The highest BCUT2D eigenvalue weighted by Gasteiger charge is 2.06. The third-order valence-electron chi connectivity index (χ3n) is 2.90. The van der Waals surface area contributed by atoms with Crippen molar-refractivity contribution in [3.8, 4) is 0 Å². The van der Waals surface area contributed by atoms with Crippen LogP contribution >= 0.6 is 15.9 Å². The predicted molar refractivity (Wildman–Crippen MR) is 85.6 cm³/mol. The van der Waals surface area contributed by atoms with E-state index in [0.717, 1.165) is 29.0 Å². The van der Waals surface area contributed by atoms with E-state index in [1.54, 1.807) is 0 Å². The van der Waals surface area contributed by atoms with Crippen LogP contribution in [0.15, 0.2) is 41.1 Å². The number of nitrogens with two attached hydrogens (primary N) is 1. The van der Waals surface area contributed by atoms with Gasteiger partial charge in [0, 0.05) is 36.5 Å². The van der Waals surface area contributed by atoms with Gasteiger partial charge in [-0.2, -0.15) is 0 Å². The minimum Gasteiger partial charge on any atom is -0.340 e. The van der Waals surface area contributed by atoms with E-state index in [4.69, 9.17) is 5.73 Å². The maximum absolute atomic E-state index is 5.77. The molecule has 20 heavy (non-hydrogen) atoms. The van der Waals surface area contributed by atoms with Crippen molar-refractivity contribution in [2.45, 2.75) is 25.9 Å². The zero-order chi connectivity index (χ0) is 14.5. The van der Waals surface area contributed by atoms with Crippen molar-refractivity contribution in [2.75, 3.05) is 11.9 Å². The first kappa shape index (κ1) is 14.9. The van der Waals surface area contributed by atoms with Crippen LogP contribution in [0.3, 0.4) is 0 Å². The van der Waals surface area contributed by atoms with E-state index in [1.165, 1.54) is 5.56 Å². The molecule has 1 heterocycles. The molecule has 1 aromatic heterocycles. The zero-order valence-electron chi connectivity index (χ0n) is 11.8. The van der Waals surface area contributed by atoms with E-state index in [-0.39, 0.29) is 6.04 Å². The highest BCUT2D eigenvalue weighted by atomic mass is 79.9. The molecule has 5 heteroatoms. The number of anilines is 1. The number of hydrogen-bond donors (Lipinski definition) is 1. The summed E-state index contributed by atoms with van der Waals surface area (Å²) in [5.41, 5.74) is 8.05. The van der Waals surface area contributed by atoms with Crippen LogP contribution in [0.1, 0.15) is 18.1 Å². The molecule has 0 aliphatic carbocycles. The average molecular weight is 335 g/mol. The summed E-state index contributed by atoms with van der Waals surface area (Å²) in [6, 6.07) is 8.36. The second kappa shape index (κ2) is 6.81. The summed E-state index contributed by atoms with van der Waals surface area (Å²) in [5, 5.41) is 0. The Morgan fingerprint density at radius 3 is 2.55 bits per heavy atom. The molecular formula is C15H19BrN4. The van der Waals surface area contributed by atoms with Gasteiger partial charge >= 0.3 is 0 Å². The molecule has 1 atom stereocenters. The van der Waals surface area contributed by atoms with Gasteiger partial charge in [0.05, 0.1) is 0 Å². The summed E-state index contributed by atoms with van der Waals surface area (Å²) >= 11 is 3.48. The lowest BCUT2D eigenvalue weighted by atomic mass is 10.1. The molecule has 2 N–H and O–H groups in total. The van der Waals surface area contributed by atoms with Gasteiger partial charge in [-0.25, -0.2) is 9.97 Å². The van der Waals surface area contributed by atoms with Gasteiger partial charge in [-0.1, -0.05) is 28.1 Å². The van der Waals surface area contributed by atoms with E-state index >= 15 is 0 Å². The molecular weight excluding hydrogens is 316 g/mol. The smallest absolute Gasteiger partial charge is 0.225 e. The van der Waals surface area contributed by atoms with Gasteiger partial charge in [-0.05, 0) is 36.6 Å². The topological polar surface area (TPSA) is 55.0 Å². The lowest BCUT2D eigenvalue weighted by molar-refractivity contribution is 0.730. The van der Waals surface area contributed by atoms with E-state index in [0.29, 0.717) is 0 Å². The fraction of sp³-hybridized carbons (Fsp3) is 0.333. The van der Waals surface area contributed by atoms with Gasteiger partial charge in [0.15, 0.2) is 0 Å². The van der Waals surface area contributed by atoms with Crippen molar-refractivity contribution >= 4 is 21.9 Å². The van der Waals surface area contributed by atoms with Crippen LogP contribution in [0.25, 0.3) is 0 Å². The highest BCUT2D eigenvalue weighted by Crippen LogP contribution is 2.15. The number of halogens is 1. The summed E-state index contributed by atoms with van der Waals surface area (Å²) in [4.78, 5) is 10.8. The fourth-order valence-electron chi connectivity index (χ4n) is 2.00. The second-order valence-electron chi connectivity index (χ2n) is 5.06. The SMILES string of the molecule is CC(N)Cc1cnc(N(C)Cc2cccc(Br)c2)nc1. The standard InChI is InChI=1S/C15H19BrN4/c1-11(17)6-13-8-18-15(19-9-13)20(2)10-12-4-3-5-14(16)7-12/h3-5,7-9,11H,6,10,17H2,1-2H3. The summed E-state index contributed by atoms with van der Waals surface area (Å²) in [6.07, 6.45) is 4.50. The van der Waals surface area contributed by atoms with Gasteiger partial charge in [0.25, 0.3) is 0 Å². The monoisotopic (exact) mass is 334 g/mol. The van der Waals surface area contributed by atoms with Crippen molar-refractivity contribution in [3.63, 3.8) is 0 Å². The Balaban J connectivity index is 2.03. The third kappa shape index (κ3) is 4.28. The molecule has 0 spiro atoms. The first-order valence-electron chi connectivity index (χ1n) is 6.56. The molecule has 0 radical (unpaired) electrons. The maximum Gasteiger partial charge on any atom is 0.225 e. The molecule has 0 amide bonds. The molecule has 0 saturated carbocycles. The minimum absolute atomic E-state index is 0.129. The molecule has 106 valence electrons. The van der Waals surface area contributed by atoms with Crippen molar-refractivity contribution in [3.05, 3.63) is 52.3 Å². The van der Waals surface area contributed by atoms with Crippen molar-refractivity contribution in [1.29, 1.82) is 0 Å². The van der Waals surface area contributed by atoms with Crippen LogP contribution in [-0.4, -0.2) is 23.1 Å². The molecule has 0 saturated heterocycles. The molecule has 0 bridgehead atoms. The van der Waals surface area contributed by atoms with Gasteiger partial charge in [0.2, 0.25) is 5.95 Å². The summed E-state index contributed by atoms with van der Waals surface area (Å²) in [5.74, 6) is 0.721. The van der Waals surface area contributed by atoms with Crippen molar-refractivity contribution in [2.24, 2.45) is 5.73 Å². The molecule has 2 aromatic rings. The number of hydrogen-bond acceptors (Lipinski definition) is 4. The molecule has 0 aliphatic rings. The lowest BCUT2D eigenvalue weighted by Gasteiger charge is -2.17. The van der Waals surface area contributed by atoms with E-state index in [1.807, 2.05) is 43.4 Å². The number of nitrogens with zero attached hydrogens (tertiary/aromatic N) is 3. The van der Waals surface area contributed by atoms with Crippen LogP contribution in [0, 0.1) is 0 Å². The number of rotatable bonds is 5. The first-order chi connectivity index (χ1) is 9.54. The van der Waals surface area contributed by atoms with Crippen LogP contribution in [0.2, 0.25) is 0 Å². The fourth-order valence-corrected chi connectivity index (χ4v) is 2.45. The Labute approximate surface area is 128 Å². The number of aromatic nitrogens is 2. The Kier molecular flexibility index (Phi) is 5.09. The Morgan fingerprint density at radius 1 is 1.25 bits per heavy atom. The van der Waals surface area contributed by atoms with Gasteiger partial charge in [0.1, 0.15) is 0 Å². The van der Waals surface area contributed by atoms with Gasteiger partial charge < -0.3 is 10.6 Å². The number of benzene rings is 1. The average Bonchev–Trinajstić information content (AvgIpc) is 2.38. The normalized spacial score (nSPS) is 12.2. The first-order valence-corrected chi connectivity index (χ1v) is 7.36. The molecule has 1 aromatic carbocycles. The lowest BCUT2D eigenvalue weighted by Crippen LogP contribution is -2.20. The maximum atomic E-state index is 5.77. The quantitative estimate of drug-likeness (QED) is 0.913. The van der Waals surface area contributed by atoms with Crippen molar-refractivity contribution < 1.29 is 0 Å². The zero-order valence-corrected chi connectivity index (χ0v) is 13.3.